The van der Waals surface area contributed by atoms with Crippen molar-refractivity contribution < 1.29 is 9.53 Å². The number of hydrogen-bond acceptors (Lipinski definition) is 2. The highest BCUT2D eigenvalue weighted by Gasteiger charge is 2.17. The van der Waals surface area contributed by atoms with Gasteiger partial charge in [0.05, 0.1) is 0 Å². The normalized spacial score (nSPS) is 13.2. The van der Waals surface area contributed by atoms with Crippen molar-refractivity contribution in [1.29, 1.82) is 0 Å². The summed E-state index contributed by atoms with van der Waals surface area (Å²) < 4.78 is 5.41. The van der Waals surface area contributed by atoms with Crippen LogP contribution in [-0.2, 0) is 9.53 Å². The van der Waals surface area contributed by atoms with Crippen molar-refractivity contribution in [3.8, 4) is 0 Å². The number of carbonyl (C=O) groups excluding carboxylic acids is 1. The van der Waals surface area contributed by atoms with Crippen LogP contribution in [0.2, 0.25) is 0 Å². The van der Waals surface area contributed by atoms with E-state index in [0.29, 0.717) is 0 Å². The fraction of sp³-hybridized carbons (Fsp3) is 0.606. The highest BCUT2D eigenvalue weighted by molar-refractivity contribution is 6.33. The lowest BCUT2D eigenvalue weighted by Gasteiger charge is -2.20. The van der Waals surface area contributed by atoms with E-state index >= 15 is 0 Å². The molecule has 1 aromatic carbocycles. The standard InChI is InChI=1S/C15H22O2.C8H8Cl2.C8H18.C2H6/c1-6-7-15(17-13(5)16)14-9-8-10(2)11(3)12(14)4;1-6-2-3-7(9)4-5-8(6)10;1-4-5-6-7-8(2)3;1-2/h8-9,15H,6-7H2,1-5H3;2-3,5H,4H2,1H3;8H,4-7H2,1-3H3;1-2H3. The minimum Gasteiger partial charge on any atom is -0.458 e. The second kappa shape index (κ2) is 22.5. The van der Waals surface area contributed by atoms with E-state index in [1.165, 1.54) is 49.3 Å². The zero-order chi connectivity index (χ0) is 29.0. The van der Waals surface area contributed by atoms with Crippen LogP contribution in [0, 0.1) is 26.7 Å². The van der Waals surface area contributed by atoms with Crippen molar-refractivity contribution in [3.63, 3.8) is 0 Å². The summed E-state index contributed by atoms with van der Waals surface area (Å²) in [4.78, 5) is 11.1. The van der Waals surface area contributed by atoms with Crippen LogP contribution in [0.4, 0.5) is 0 Å². The van der Waals surface area contributed by atoms with Crippen molar-refractivity contribution in [2.45, 2.75) is 127 Å². The predicted octanol–water partition coefficient (Wildman–Crippen LogP) is 11.8. The molecule has 1 aliphatic rings. The fourth-order valence-corrected chi connectivity index (χ4v) is 3.86. The first-order chi connectivity index (χ1) is 17.4. The van der Waals surface area contributed by atoms with Gasteiger partial charge in [-0.15, -0.1) is 0 Å². The SMILES string of the molecule is CC.CC1=CC=C(Cl)CC=C1Cl.CCCC(OC(C)=O)c1ccc(C)c(C)c1C.CCCCCC(C)C. The Morgan fingerprint density at radius 1 is 0.919 bits per heavy atom. The molecule has 37 heavy (non-hydrogen) atoms. The number of aryl methyl sites for hydroxylation is 1. The summed E-state index contributed by atoms with van der Waals surface area (Å²) in [6.07, 6.45) is 13.8. The maximum absolute atomic E-state index is 11.1. The molecule has 2 rings (SSSR count). The molecule has 0 spiro atoms. The van der Waals surface area contributed by atoms with Gasteiger partial charge in [-0.3, -0.25) is 4.79 Å². The fourth-order valence-electron chi connectivity index (χ4n) is 3.58. The van der Waals surface area contributed by atoms with Crippen molar-refractivity contribution in [1.82, 2.24) is 0 Å². The Morgan fingerprint density at radius 2 is 1.54 bits per heavy atom. The molecular formula is C33H54Cl2O2. The summed E-state index contributed by atoms with van der Waals surface area (Å²) in [6.45, 7) is 22.7. The number of unbranched alkanes of at least 4 members (excludes halogenated alkanes) is 2. The van der Waals surface area contributed by atoms with Gasteiger partial charge < -0.3 is 4.74 Å². The van der Waals surface area contributed by atoms with Gasteiger partial charge in [0.15, 0.2) is 0 Å². The van der Waals surface area contributed by atoms with Crippen LogP contribution in [-0.4, -0.2) is 5.97 Å². The van der Waals surface area contributed by atoms with Crippen molar-refractivity contribution in [3.05, 3.63) is 68.3 Å². The molecule has 4 heteroatoms. The number of rotatable bonds is 8. The molecule has 0 radical (unpaired) electrons. The van der Waals surface area contributed by atoms with Gasteiger partial charge in [-0.2, -0.15) is 0 Å². The number of benzene rings is 1. The molecule has 0 amide bonds. The Hall–Kier alpha value is -1.51. The van der Waals surface area contributed by atoms with E-state index in [-0.39, 0.29) is 12.1 Å². The van der Waals surface area contributed by atoms with Crippen LogP contribution in [0.25, 0.3) is 0 Å². The minimum atomic E-state index is -0.207. The van der Waals surface area contributed by atoms with Crippen LogP contribution < -0.4 is 0 Å². The minimum absolute atomic E-state index is 0.100. The van der Waals surface area contributed by atoms with Gasteiger partial charge in [-0.05, 0) is 73.9 Å². The van der Waals surface area contributed by atoms with Crippen LogP contribution in [0.1, 0.15) is 129 Å². The Kier molecular flexibility index (Phi) is 22.9. The summed E-state index contributed by atoms with van der Waals surface area (Å²) in [6, 6.07) is 4.19. The van der Waals surface area contributed by atoms with E-state index in [9.17, 15) is 4.79 Å². The van der Waals surface area contributed by atoms with E-state index in [2.05, 4.69) is 60.6 Å². The molecule has 2 nitrogen and oxygen atoms in total. The average molecular weight is 554 g/mol. The Bertz CT molecular complexity index is 863. The second-order valence-electron chi connectivity index (χ2n) is 9.72. The monoisotopic (exact) mass is 552 g/mol. The largest absolute Gasteiger partial charge is 0.458 e. The Labute approximate surface area is 239 Å². The molecule has 0 aliphatic heterocycles. The number of hydrogen-bond donors (Lipinski definition) is 0. The zero-order valence-corrected chi connectivity index (χ0v) is 27.1. The maximum atomic E-state index is 11.1. The number of esters is 1. The molecule has 1 aliphatic carbocycles. The summed E-state index contributed by atoms with van der Waals surface area (Å²) in [5.41, 5.74) is 6.02. The lowest BCUT2D eigenvalue weighted by Crippen LogP contribution is -2.10. The van der Waals surface area contributed by atoms with Crippen molar-refractivity contribution in [2.24, 2.45) is 5.92 Å². The topological polar surface area (TPSA) is 26.3 Å². The maximum Gasteiger partial charge on any atom is 0.303 e. The summed E-state index contributed by atoms with van der Waals surface area (Å²) in [5.74, 6) is 0.697. The first-order valence-corrected chi connectivity index (χ1v) is 14.8. The van der Waals surface area contributed by atoms with Crippen LogP contribution in [0.15, 0.2) is 46.0 Å². The quantitative estimate of drug-likeness (QED) is 0.236. The molecule has 212 valence electrons. The van der Waals surface area contributed by atoms with Crippen molar-refractivity contribution in [2.75, 3.05) is 0 Å². The third kappa shape index (κ3) is 17.6. The number of halogens is 2. The van der Waals surface area contributed by atoms with Crippen LogP contribution >= 0.6 is 23.2 Å². The van der Waals surface area contributed by atoms with Crippen LogP contribution in [0.3, 0.4) is 0 Å². The zero-order valence-electron chi connectivity index (χ0n) is 25.6. The molecule has 1 aromatic rings. The predicted molar refractivity (Wildman–Crippen MR) is 167 cm³/mol. The van der Waals surface area contributed by atoms with Gasteiger partial charge >= 0.3 is 5.97 Å². The number of allylic oxidation sites excluding steroid dienone is 6. The lowest BCUT2D eigenvalue weighted by molar-refractivity contribution is -0.147. The Balaban J connectivity index is 0. The first kappa shape index (κ1) is 37.6. The lowest BCUT2D eigenvalue weighted by atomic mass is 9.94. The molecule has 0 aromatic heterocycles. The van der Waals surface area contributed by atoms with Gasteiger partial charge in [0.2, 0.25) is 0 Å². The molecule has 0 N–H and O–H groups in total. The molecule has 0 saturated carbocycles. The van der Waals surface area contributed by atoms with E-state index in [4.69, 9.17) is 27.9 Å². The molecule has 0 bridgehead atoms. The Morgan fingerprint density at radius 3 is 2.05 bits per heavy atom. The smallest absolute Gasteiger partial charge is 0.303 e. The highest BCUT2D eigenvalue weighted by atomic mass is 35.5. The molecule has 0 heterocycles. The van der Waals surface area contributed by atoms with Crippen molar-refractivity contribution >= 4 is 29.2 Å². The van der Waals surface area contributed by atoms with E-state index in [0.717, 1.165) is 46.4 Å². The average Bonchev–Trinajstić information content (AvgIpc) is 3.00. The molecule has 0 saturated heterocycles. The van der Waals surface area contributed by atoms with E-state index in [1.54, 1.807) is 0 Å². The summed E-state index contributed by atoms with van der Waals surface area (Å²) in [7, 11) is 0. The van der Waals surface area contributed by atoms with E-state index in [1.807, 2.05) is 39.0 Å². The molecule has 0 fully saturated rings. The molecule has 1 unspecified atom stereocenters. The second-order valence-corrected chi connectivity index (χ2v) is 10.6. The van der Waals surface area contributed by atoms with Gasteiger partial charge in [-0.1, -0.05) is 121 Å². The van der Waals surface area contributed by atoms with Gasteiger partial charge in [0, 0.05) is 23.4 Å². The van der Waals surface area contributed by atoms with Crippen LogP contribution in [0.5, 0.6) is 0 Å². The number of carbonyl (C=O) groups is 1. The van der Waals surface area contributed by atoms with Gasteiger partial charge in [0.1, 0.15) is 6.10 Å². The van der Waals surface area contributed by atoms with Gasteiger partial charge in [0.25, 0.3) is 0 Å². The summed E-state index contributed by atoms with van der Waals surface area (Å²) in [5, 5.41) is 1.63. The highest BCUT2D eigenvalue weighted by Crippen LogP contribution is 2.29. The third-order valence-electron chi connectivity index (χ3n) is 6.06. The molecular weight excluding hydrogens is 499 g/mol. The first-order valence-electron chi connectivity index (χ1n) is 14.1. The third-order valence-corrected chi connectivity index (χ3v) is 6.79. The number of ether oxygens (including phenoxy) is 1. The summed E-state index contributed by atoms with van der Waals surface area (Å²) >= 11 is 11.6. The molecule has 1 atom stereocenters. The van der Waals surface area contributed by atoms with Gasteiger partial charge in [-0.25, -0.2) is 0 Å². The van der Waals surface area contributed by atoms with E-state index < -0.39 is 0 Å².